The molecule has 1 N–H and O–H groups in total. The van der Waals surface area contributed by atoms with Gasteiger partial charge in [-0.25, -0.2) is 14.8 Å². The van der Waals surface area contributed by atoms with E-state index in [1.54, 1.807) is 19.1 Å². The first-order valence-corrected chi connectivity index (χ1v) is 12.4. The molecule has 0 saturated heterocycles. The van der Waals surface area contributed by atoms with Gasteiger partial charge in [0, 0.05) is 25.5 Å². The minimum atomic E-state index is -0.589. The summed E-state index contributed by atoms with van der Waals surface area (Å²) in [5.74, 6) is 0.618. The van der Waals surface area contributed by atoms with Gasteiger partial charge in [0.2, 0.25) is 0 Å². The van der Waals surface area contributed by atoms with Gasteiger partial charge in [-0.3, -0.25) is 4.79 Å². The van der Waals surface area contributed by atoms with Crippen LogP contribution < -0.4 is 5.32 Å². The fourth-order valence-corrected chi connectivity index (χ4v) is 4.70. The van der Waals surface area contributed by atoms with E-state index in [-0.39, 0.29) is 22.9 Å². The Hall–Kier alpha value is -3.98. The van der Waals surface area contributed by atoms with E-state index in [1.165, 1.54) is 18.9 Å². The Labute approximate surface area is 214 Å². The summed E-state index contributed by atoms with van der Waals surface area (Å²) in [6, 6.07) is 13.4. The summed E-state index contributed by atoms with van der Waals surface area (Å²) in [6.07, 6.45) is 5.22. The summed E-state index contributed by atoms with van der Waals surface area (Å²) in [5, 5.41) is 2.71. The number of anilines is 1. The molecule has 0 unspecified atom stereocenters. The Bertz CT molecular complexity index is 1390. The molecule has 2 heterocycles. The molecule has 2 aromatic carbocycles. The predicted molar refractivity (Wildman–Crippen MR) is 135 cm³/mol. The van der Waals surface area contributed by atoms with E-state index >= 15 is 0 Å². The Morgan fingerprint density at radius 1 is 1.08 bits per heavy atom. The van der Waals surface area contributed by atoms with Gasteiger partial charge in [0.15, 0.2) is 23.1 Å². The predicted octanol–water partition coefficient (Wildman–Crippen LogP) is 5.65. The van der Waals surface area contributed by atoms with Crippen molar-refractivity contribution in [2.24, 2.45) is 5.92 Å². The molecule has 1 amide bonds. The SMILES string of the molecule is COC(=O)c1cc2nc([C@H]3CC[C@H](COCc4ccccc4)CC3)oc2cc1NC(=O)c1coc(C)n1. The van der Waals surface area contributed by atoms with E-state index in [2.05, 4.69) is 27.4 Å². The highest BCUT2D eigenvalue weighted by molar-refractivity contribution is 6.08. The Morgan fingerprint density at radius 2 is 1.86 bits per heavy atom. The molecule has 0 aliphatic heterocycles. The van der Waals surface area contributed by atoms with Crippen molar-refractivity contribution in [3.05, 3.63) is 77.3 Å². The lowest BCUT2D eigenvalue weighted by Crippen LogP contribution is -2.18. The Kier molecular flexibility index (Phi) is 7.32. The standard InChI is InChI=1S/C28H29N3O6/c1-17-29-24(16-36-17)26(32)30-22-13-25-23(12-21(22)28(33)34-2)31-27(37-25)20-10-8-19(9-11-20)15-35-14-18-6-4-3-5-7-18/h3-7,12-13,16,19-20H,8-11,14-15H2,1-2H3,(H,30,32)/t19-,20-. The molecule has 0 spiro atoms. The summed E-state index contributed by atoms with van der Waals surface area (Å²) in [6.45, 7) is 3.01. The zero-order valence-corrected chi connectivity index (χ0v) is 20.9. The van der Waals surface area contributed by atoms with Crippen LogP contribution in [0.25, 0.3) is 11.1 Å². The first-order valence-electron chi connectivity index (χ1n) is 12.4. The van der Waals surface area contributed by atoms with Crippen LogP contribution in [0.2, 0.25) is 0 Å². The van der Waals surface area contributed by atoms with Crippen molar-refractivity contribution in [1.29, 1.82) is 0 Å². The number of benzene rings is 2. The molecule has 1 aliphatic rings. The second-order valence-electron chi connectivity index (χ2n) is 9.33. The number of rotatable bonds is 8. The average Bonchev–Trinajstić information content (AvgIpc) is 3.55. The van der Waals surface area contributed by atoms with Crippen LogP contribution in [-0.2, 0) is 16.1 Å². The van der Waals surface area contributed by atoms with Crippen LogP contribution in [0.5, 0.6) is 0 Å². The molecule has 0 atom stereocenters. The van der Waals surface area contributed by atoms with Crippen LogP contribution >= 0.6 is 0 Å². The monoisotopic (exact) mass is 503 g/mol. The lowest BCUT2D eigenvalue weighted by Gasteiger charge is -2.26. The molecule has 1 saturated carbocycles. The molecule has 9 heteroatoms. The molecule has 0 bridgehead atoms. The van der Waals surface area contributed by atoms with Gasteiger partial charge in [-0.05, 0) is 43.2 Å². The third kappa shape index (κ3) is 5.72. The number of fused-ring (bicyclic) bond motifs is 1. The molecule has 2 aromatic heterocycles. The normalized spacial score (nSPS) is 17.6. The molecule has 9 nitrogen and oxygen atoms in total. The number of hydrogen-bond acceptors (Lipinski definition) is 8. The molecule has 1 aliphatic carbocycles. The molecule has 5 rings (SSSR count). The second-order valence-corrected chi connectivity index (χ2v) is 9.33. The zero-order chi connectivity index (χ0) is 25.8. The van der Waals surface area contributed by atoms with Crippen molar-refractivity contribution in [2.75, 3.05) is 19.0 Å². The van der Waals surface area contributed by atoms with Crippen molar-refractivity contribution in [2.45, 2.75) is 45.1 Å². The first-order chi connectivity index (χ1) is 18.0. The van der Waals surface area contributed by atoms with Crippen molar-refractivity contribution in [3.8, 4) is 0 Å². The number of amides is 1. The number of carbonyl (C=O) groups is 2. The highest BCUT2D eigenvalue weighted by Crippen LogP contribution is 2.37. The maximum Gasteiger partial charge on any atom is 0.340 e. The van der Waals surface area contributed by atoms with Crippen LogP contribution in [0.1, 0.15) is 69.8 Å². The molecule has 4 aromatic rings. The maximum atomic E-state index is 12.6. The summed E-state index contributed by atoms with van der Waals surface area (Å²) in [4.78, 5) is 33.8. The fraction of sp³-hybridized carbons (Fsp3) is 0.357. The summed E-state index contributed by atoms with van der Waals surface area (Å²) in [5.41, 5.74) is 2.76. The molecule has 1 fully saturated rings. The summed E-state index contributed by atoms with van der Waals surface area (Å²) >= 11 is 0. The minimum absolute atomic E-state index is 0.108. The molecule has 37 heavy (non-hydrogen) atoms. The largest absolute Gasteiger partial charge is 0.465 e. The van der Waals surface area contributed by atoms with Gasteiger partial charge < -0.3 is 23.6 Å². The highest BCUT2D eigenvalue weighted by Gasteiger charge is 2.27. The van der Waals surface area contributed by atoms with Gasteiger partial charge >= 0.3 is 5.97 Å². The Morgan fingerprint density at radius 3 is 2.57 bits per heavy atom. The number of esters is 1. The summed E-state index contributed by atoms with van der Waals surface area (Å²) in [7, 11) is 1.29. The van der Waals surface area contributed by atoms with Crippen LogP contribution in [0.15, 0.2) is 57.6 Å². The molecular weight excluding hydrogens is 474 g/mol. The zero-order valence-electron chi connectivity index (χ0n) is 20.9. The topological polar surface area (TPSA) is 117 Å². The van der Waals surface area contributed by atoms with E-state index in [4.69, 9.17) is 18.3 Å². The van der Waals surface area contributed by atoms with E-state index in [1.807, 2.05) is 18.2 Å². The number of aromatic nitrogens is 2. The molecule has 0 radical (unpaired) electrons. The number of aryl methyl sites for hydroxylation is 1. The number of hydrogen-bond donors (Lipinski definition) is 1. The first kappa shape index (κ1) is 24.7. The van der Waals surface area contributed by atoms with Crippen molar-refractivity contribution >= 4 is 28.7 Å². The maximum absolute atomic E-state index is 12.6. The van der Waals surface area contributed by atoms with Crippen molar-refractivity contribution < 1.29 is 27.9 Å². The molecular formula is C28H29N3O6. The van der Waals surface area contributed by atoms with Gasteiger partial charge in [0.25, 0.3) is 5.91 Å². The average molecular weight is 504 g/mol. The number of carbonyl (C=O) groups excluding carboxylic acids is 2. The van der Waals surface area contributed by atoms with E-state index in [0.717, 1.165) is 32.3 Å². The summed E-state index contributed by atoms with van der Waals surface area (Å²) < 4.78 is 22.1. The van der Waals surface area contributed by atoms with Crippen molar-refractivity contribution in [1.82, 2.24) is 9.97 Å². The number of oxazole rings is 2. The highest BCUT2D eigenvalue weighted by atomic mass is 16.5. The third-order valence-corrected chi connectivity index (χ3v) is 6.71. The quantitative estimate of drug-likeness (QED) is 0.306. The van der Waals surface area contributed by atoms with E-state index in [0.29, 0.717) is 35.4 Å². The van der Waals surface area contributed by atoms with Crippen LogP contribution in [0.3, 0.4) is 0 Å². The lowest BCUT2D eigenvalue weighted by atomic mass is 9.82. The van der Waals surface area contributed by atoms with Gasteiger partial charge in [0.05, 0.1) is 25.0 Å². The van der Waals surface area contributed by atoms with Crippen LogP contribution in [0, 0.1) is 12.8 Å². The van der Waals surface area contributed by atoms with Gasteiger partial charge in [-0.2, -0.15) is 0 Å². The fourth-order valence-electron chi connectivity index (χ4n) is 4.70. The molecule has 192 valence electrons. The van der Waals surface area contributed by atoms with Crippen molar-refractivity contribution in [3.63, 3.8) is 0 Å². The minimum Gasteiger partial charge on any atom is -0.465 e. The number of ether oxygens (including phenoxy) is 2. The third-order valence-electron chi connectivity index (χ3n) is 6.71. The number of methoxy groups -OCH3 is 1. The van der Waals surface area contributed by atoms with E-state index in [9.17, 15) is 9.59 Å². The smallest absolute Gasteiger partial charge is 0.340 e. The lowest BCUT2D eigenvalue weighted by molar-refractivity contribution is 0.0602. The van der Waals surface area contributed by atoms with Crippen LogP contribution in [0.4, 0.5) is 5.69 Å². The van der Waals surface area contributed by atoms with Gasteiger partial charge in [-0.1, -0.05) is 30.3 Å². The van der Waals surface area contributed by atoms with Gasteiger partial charge in [-0.15, -0.1) is 0 Å². The van der Waals surface area contributed by atoms with E-state index < -0.39 is 11.9 Å². The number of nitrogens with zero attached hydrogens (tertiary/aromatic N) is 2. The van der Waals surface area contributed by atoms with Crippen LogP contribution in [-0.4, -0.2) is 35.6 Å². The second kappa shape index (κ2) is 11.0. The Balaban J connectivity index is 1.26. The number of nitrogens with one attached hydrogen (secondary N) is 1. The van der Waals surface area contributed by atoms with Gasteiger partial charge in [0.1, 0.15) is 11.8 Å².